The highest BCUT2D eigenvalue weighted by molar-refractivity contribution is 6.30. The second-order valence-corrected chi connectivity index (χ2v) is 7.22. The Morgan fingerprint density at radius 2 is 1.94 bits per heavy atom. The van der Waals surface area contributed by atoms with Gasteiger partial charge in [-0.1, -0.05) is 28.9 Å². The fraction of sp³-hybridized carbons (Fsp3) is 0.0476. The summed E-state index contributed by atoms with van der Waals surface area (Å²) in [5, 5.41) is 21.8. The maximum absolute atomic E-state index is 13.2. The fourth-order valence-electron chi connectivity index (χ4n) is 3.25. The zero-order valence-electron chi connectivity index (χ0n) is 16.1. The Balaban J connectivity index is 1.51. The number of carbonyl (C=O) groups excluding carboxylic acids is 1. The van der Waals surface area contributed by atoms with Crippen molar-refractivity contribution in [2.75, 3.05) is 5.32 Å². The predicted octanol–water partition coefficient (Wildman–Crippen LogP) is 4.28. The van der Waals surface area contributed by atoms with Crippen molar-refractivity contribution in [1.29, 1.82) is 0 Å². The van der Waals surface area contributed by atoms with Gasteiger partial charge in [0.2, 0.25) is 5.82 Å². The SMILES string of the molecule is Cc1noc2nc(-c3cccc(Cl)c3)cc(C(=O)Nc3ccc(-c4nn[nH]n4)cc3)c12. The normalized spacial score (nSPS) is 11.0. The number of halogens is 1. The smallest absolute Gasteiger partial charge is 0.259 e. The predicted molar refractivity (Wildman–Crippen MR) is 115 cm³/mol. The Morgan fingerprint density at radius 1 is 1.10 bits per heavy atom. The molecule has 9 nitrogen and oxygen atoms in total. The minimum atomic E-state index is -0.311. The third-order valence-electron chi connectivity index (χ3n) is 4.73. The average molecular weight is 432 g/mol. The molecule has 0 fully saturated rings. The van der Waals surface area contributed by atoms with E-state index in [9.17, 15) is 4.79 Å². The first-order valence-electron chi connectivity index (χ1n) is 9.27. The van der Waals surface area contributed by atoms with E-state index in [4.69, 9.17) is 16.1 Å². The lowest BCUT2D eigenvalue weighted by atomic mass is 10.0. The maximum atomic E-state index is 13.2. The number of aromatic nitrogens is 6. The molecule has 2 N–H and O–H groups in total. The van der Waals surface area contributed by atoms with Gasteiger partial charge < -0.3 is 9.84 Å². The number of amides is 1. The summed E-state index contributed by atoms with van der Waals surface area (Å²) in [5.74, 6) is 0.161. The first kappa shape index (κ1) is 18.9. The van der Waals surface area contributed by atoms with Crippen LogP contribution in [0.25, 0.3) is 33.7 Å². The van der Waals surface area contributed by atoms with Crippen LogP contribution in [0.3, 0.4) is 0 Å². The summed E-state index contributed by atoms with van der Waals surface area (Å²) < 4.78 is 5.34. The Hall–Kier alpha value is -4.11. The lowest BCUT2D eigenvalue weighted by Gasteiger charge is -2.09. The van der Waals surface area contributed by atoms with E-state index in [0.717, 1.165) is 11.1 Å². The van der Waals surface area contributed by atoms with Gasteiger partial charge in [-0.2, -0.15) is 5.21 Å². The largest absolute Gasteiger partial charge is 0.335 e. The zero-order valence-corrected chi connectivity index (χ0v) is 16.9. The van der Waals surface area contributed by atoms with E-state index in [-0.39, 0.29) is 11.6 Å². The van der Waals surface area contributed by atoms with Crippen LogP contribution in [0.2, 0.25) is 5.02 Å². The second-order valence-electron chi connectivity index (χ2n) is 6.78. The number of pyridine rings is 1. The molecule has 0 unspecified atom stereocenters. The molecule has 0 aliphatic rings. The summed E-state index contributed by atoms with van der Waals surface area (Å²) >= 11 is 6.12. The van der Waals surface area contributed by atoms with Gasteiger partial charge in [-0.3, -0.25) is 4.79 Å². The van der Waals surface area contributed by atoms with Gasteiger partial charge in [0.05, 0.1) is 22.3 Å². The van der Waals surface area contributed by atoms with Gasteiger partial charge >= 0.3 is 0 Å². The standard InChI is InChI=1S/C21H14ClN7O2/c1-11-18-16(10-17(24-21(18)31-27-11)13-3-2-4-14(22)9-13)20(30)23-15-7-5-12(6-8-15)19-25-28-29-26-19/h2-10H,1H3,(H,23,30)(H,25,26,28,29). The van der Waals surface area contributed by atoms with Gasteiger partial charge in [-0.15, -0.1) is 10.2 Å². The molecular formula is C21H14ClN7O2. The summed E-state index contributed by atoms with van der Waals surface area (Å²) in [4.78, 5) is 17.7. The first-order valence-corrected chi connectivity index (χ1v) is 9.64. The van der Waals surface area contributed by atoms with Crippen LogP contribution < -0.4 is 5.32 Å². The molecule has 0 atom stereocenters. The van der Waals surface area contributed by atoms with Crippen molar-refractivity contribution in [3.8, 4) is 22.6 Å². The molecule has 0 saturated heterocycles. The number of fused-ring (bicyclic) bond motifs is 1. The molecule has 0 aliphatic heterocycles. The number of H-pyrrole nitrogens is 1. The molecule has 3 aromatic heterocycles. The lowest BCUT2D eigenvalue weighted by Crippen LogP contribution is -2.13. The number of benzene rings is 2. The molecule has 0 radical (unpaired) electrons. The summed E-state index contributed by atoms with van der Waals surface area (Å²) in [7, 11) is 0. The number of hydrogen-bond donors (Lipinski definition) is 2. The van der Waals surface area contributed by atoms with Crippen LogP contribution in [0.15, 0.2) is 59.1 Å². The Kier molecular flexibility index (Phi) is 4.64. The van der Waals surface area contributed by atoms with Gasteiger partial charge in [0.25, 0.3) is 11.6 Å². The summed E-state index contributed by atoms with van der Waals surface area (Å²) in [5.41, 5.74) is 3.98. The van der Waals surface area contributed by atoms with Crippen LogP contribution in [-0.2, 0) is 0 Å². The second kappa shape index (κ2) is 7.62. The quantitative estimate of drug-likeness (QED) is 0.435. The van der Waals surface area contributed by atoms with E-state index < -0.39 is 0 Å². The van der Waals surface area contributed by atoms with E-state index in [1.165, 1.54) is 0 Å². The third kappa shape index (κ3) is 3.62. The van der Waals surface area contributed by atoms with Crippen molar-refractivity contribution in [3.05, 3.63) is 70.9 Å². The monoisotopic (exact) mass is 431 g/mol. The number of anilines is 1. The zero-order chi connectivity index (χ0) is 21.4. The highest BCUT2D eigenvalue weighted by Gasteiger charge is 2.20. The maximum Gasteiger partial charge on any atom is 0.259 e. The summed E-state index contributed by atoms with van der Waals surface area (Å²) in [6, 6.07) is 16.1. The van der Waals surface area contributed by atoms with Crippen LogP contribution in [0, 0.1) is 6.92 Å². The first-order chi connectivity index (χ1) is 15.1. The molecule has 5 aromatic rings. The average Bonchev–Trinajstić information content (AvgIpc) is 3.44. The topological polar surface area (TPSA) is 122 Å². The molecule has 152 valence electrons. The van der Waals surface area contributed by atoms with Gasteiger partial charge in [-0.25, -0.2) is 4.98 Å². The van der Waals surface area contributed by atoms with Crippen molar-refractivity contribution in [2.45, 2.75) is 6.92 Å². The number of carbonyl (C=O) groups is 1. The molecule has 0 spiro atoms. The highest BCUT2D eigenvalue weighted by atomic mass is 35.5. The van der Waals surface area contributed by atoms with E-state index in [0.29, 0.717) is 38.9 Å². The van der Waals surface area contributed by atoms with Crippen LogP contribution in [0.4, 0.5) is 5.69 Å². The molecule has 5 rings (SSSR count). The van der Waals surface area contributed by atoms with Gasteiger partial charge in [-0.05, 0) is 54.6 Å². The van der Waals surface area contributed by atoms with Crippen molar-refractivity contribution in [3.63, 3.8) is 0 Å². The molecular weight excluding hydrogens is 418 g/mol. The van der Waals surface area contributed by atoms with Crippen molar-refractivity contribution < 1.29 is 9.32 Å². The van der Waals surface area contributed by atoms with Crippen LogP contribution >= 0.6 is 11.6 Å². The van der Waals surface area contributed by atoms with Gasteiger partial charge in [0.1, 0.15) is 0 Å². The number of nitrogens with zero attached hydrogens (tertiary/aromatic N) is 5. The molecule has 0 bridgehead atoms. The van der Waals surface area contributed by atoms with E-state index in [2.05, 4.69) is 36.1 Å². The third-order valence-corrected chi connectivity index (χ3v) is 4.96. The Labute approximate surface area is 180 Å². The van der Waals surface area contributed by atoms with Crippen LogP contribution in [0.1, 0.15) is 16.1 Å². The summed E-state index contributed by atoms with van der Waals surface area (Å²) in [6.07, 6.45) is 0. The minimum Gasteiger partial charge on any atom is -0.335 e. The van der Waals surface area contributed by atoms with Crippen LogP contribution in [0.5, 0.6) is 0 Å². The number of aromatic amines is 1. The van der Waals surface area contributed by atoms with Crippen molar-refractivity contribution >= 4 is 34.3 Å². The molecule has 2 aromatic carbocycles. The van der Waals surface area contributed by atoms with E-state index >= 15 is 0 Å². The molecule has 10 heteroatoms. The minimum absolute atomic E-state index is 0.285. The molecule has 3 heterocycles. The number of hydrogen-bond acceptors (Lipinski definition) is 7. The molecule has 31 heavy (non-hydrogen) atoms. The molecule has 0 saturated carbocycles. The van der Waals surface area contributed by atoms with Crippen LogP contribution in [-0.4, -0.2) is 36.7 Å². The molecule has 1 amide bonds. The number of tetrazole rings is 1. The van der Waals surface area contributed by atoms with Gasteiger partial charge in [0.15, 0.2) is 0 Å². The number of aryl methyl sites for hydroxylation is 1. The van der Waals surface area contributed by atoms with E-state index in [1.807, 2.05) is 12.1 Å². The lowest BCUT2D eigenvalue weighted by molar-refractivity contribution is 0.102. The van der Waals surface area contributed by atoms with E-state index in [1.54, 1.807) is 49.4 Å². The van der Waals surface area contributed by atoms with Crippen molar-refractivity contribution in [2.24, 2.45) is 0 Å². The highest BCUT2D eigenvalue weighted by Crippen LogP contribution is 2.29. The van der Waals surface area contributed by atoms with Gasteiger partial charge in [0, 0.05) is 21.8 Å². The Morgan fingerprint density at radius 3 is 2.68 bits per heavy atom. The summed E-state index contributed by atoms with van der Waals surface area (Å²) in [6.45, 7) is 1.77. The fourth-order valence-corrected chi connectivity index (χ4v) is 3.44. The number of nitrogens with one attached hydrogen (secondary N) is 2. The molecule has 0 aliphatic carbocycles. The van der Waals surface area contributed by atoms with Crippen molar-refractivity contribution in [1.82, 2.24) is 30.8 Å². The Bertz CT molecular complexity index is 1400. The number of rotatable bonds is 4.